The number of rotatable bonds is 3. The highest BCUT2D eigenvalue weighted by atomic mass is 16.6. The van der Waals surface area contributed by atoms with Crippen LogP contribution in [0.5, 0.6) is 0 Å². The van der Waals surface area contributed by atoms with E-state index >= 15 is 0 Å². The minimum atomic E-state index is -0.360. The third-order valence-corrected chi connectivity index (χ3v) is 4.55. The van der Waals surface area contributed by atoms with E-state index in [1.807, 2.05) is 12.1 Å². The van der Waals surface area contributed by atoms with Gasteiger partial charge in [-0.15, -0.1) is 0 Å². The van der Waals surface area contributed by atoms with Crippen molar-refractivity contribution >= 4 is 22.1 Å². The molecule has 8 heteroatoms. The number of nitro benzene ring substituents is 1. The standard InChI is InChI=1S/C16H16N6O2/c23-22(24)15-4-3-14(12-5-6-17-8-13(12)15)21-7-1-2-11(9-21)16-18-10-19-20-16/h3-6,8,10-11H,1-2,7,9H2,(H,18,19,20)/t11-/m1/s1. The molecule has 3 heterocycles. The molecule has 1 atom stereocenters. The summed E-state index contributed by atoms with van der Waals surface area (Å²) in [5.74, 6) is 1.18. The first-order valence-electron chi connectivity index (χ1n) is 7.85. The second kappa shape index (κ2) is 5.88. The average molecular weight is 324 g/mol. The zero-order valence-corrected chi connectivity index (χ0v) is 12.9. The lowest BCUT2D eigenvalue weighted by molar-refractivity contribution is -0.383. The first-order valence-corrected chi connectivity index (χ1v) is 7.85. The van der Waals surface area contributed by atoms with E-state index in [1.165, 1.54) is 6.33 Å². The molecular formula is C16H16N6O2. The summed E-state index contributed by atoms with van der Waals surface area (Å²) in [7, 11) is 0. The highest BCUT2D eigenvalue weighted by molar-refractivity contribution is 5.99. The van der Waals surface area contributed by atoms with Gasteiger partial charge in [0.1, 0.15) is 12.2 Å². The van der Waals surface area contributed by atoms with Crippen molar-refractivity contribution in [3.8, 4) is 0 Å². The number of benzene rings is 1. The quantitative estimate of drug-likeness (QED) is 0.587. The van der Waals surface area contributed by atoms with Crippen molar-refractivity contribution in [1.82, 2.24) is 20.2 Å². The monoisotopic (exact) mass is 324 g/mol. The first kappa shape index (κ1) is 14.6. The van der Waals surface area contributed by atoms with Crippen LogP contribution < -0.4 is 4.90 Å². The number of fused-ring (bicyclic) bond motifs is 1. The zero-order chi connectivity index (χ0) is 16.5. The van der Waals surface area contributed by atoms with Crippen molar-refractivity contribution in [3.63, 3.8) is 0 Å². The third-order valence-electron chi connectivity index (χ3n) is 4.55. The molecule has 122 valence electrons. The molecule has 2 aromatic heterocycles. The number of H-pyrrole nitrogens is 1. The predicted molar refractivity (Wildman–Crippen MR) is 89.0 cm³/mol. The molecule has 0 saturated carbocycles. The molecule has 3 aromatic rings. The van der Waals surface area contributed by atoms with Crippen molar-refractivity contribution in [1.29, 1.82) is 0 Å². The van der Waals surface area contributed by atoms with Crippen LogP contribution >= 0.6 is 0 Å². The largest absolute Gasteiger partial charge is 0.370 e. The van der Waals surface area contributed by atoms with E-state index in [4.69, 9.17) is 0 Å². The van der Waals surface area contributed by atoms with Crippen LogP contribution in [-0.4, -0.2) is 38.2 Å². The van der Waals surface area contributed by atoms with Crippen LogP contribution in [0, 0.1) is 10.1 Å². The van der Waals surface area contributed by atoms with Gasteiger partial charge in [-0.1, -0.05) is 0 Å². The molecule has 0 unspecified atom stereocenters. The SMILES string of the molecule is O=[N+]([O-])c1ccc(N2CCC[C@@H](c3ncn[nH]3)C2)c2ccncc12. The van der Waals surface area contributed by atoms with Gasteiger partial charge in [-0.2, -0.15) is 5.10 Å². The van der Waals surface area contributed by atoms with Gasteiger partial charge in [0.25, 0.3) is 5.69 Å². The van der Waals surface area contributed by atoms with Gasteiger partial charge in [0, 0.05) is 48.5 Å². The van der Waals surface area contributed by atoms with E-state index in [0.29, 0.717) is 5.39 Å². The summed E-state index contributed by atoms with van der Waals surface area (Å²) in [5, 5.41) is 19.6. The highest BCUT2D eigenvalue weighted by Gasteiger charge is 2.25. The number of non-ortho nitro benzene ring substituents is 1. The van der Waals surface area contributed by atoms with Gasteiger partial charge in [-0.25, -0.2) is 4.98 Å². The number of anilines is 1. The summed E-state index contributed by atoms with van der Waals surface area (Å²) < 4.78 is 0. The van der Waals surface area contributed by atoms with E-state index in [2.05, 4.69) is 25.1 Å². The number of piperidine rings is 1. The van der Waals surface area contributed by atoms with Crippen molar-refractivity contribution in [2.45, 2.75) is 18.8 Å². The maximum Gasteiger partial charge on any atom is 0.278 e. The summed E-state index contributed by atoms with van der Waals surface area (Å²) in [6.07, 6.45) is 6.86. The molecule has 1 fully saturated rings. The number of nitrogens with one attached hydrogen (secondary N) is 1. The van der Waals surface area contributed by atoms with Crippen LogP contribution in [-0.2, 0) is 0 Å². The highest BCUT2D eigenvalue weighted by Crippen LogP contribution is 2.36. The van der Waals surface area contributed by atoms with Crippen molar-refractivity contribution in [2.75, 3.05) is 18.0 Å². The lowest BCUT2D eigenvalue weighted by Gasteiger charge is -2.34. The minimum absolute atomic E-state index is 0.0886. The first-order chi connectivity index (χ1) is 11.7. The van der Waals surface area contributed by atoms with Gasteiger partial charge < -0.3 is 4.90 Å². The normalized spacial score (nSPS) is 18.0. The van der Waals surface area contributed by atoms with Crippen molar-refractivity contribution in [3.05, 3.63) is 52.9 Å². The zero-order valence-electron chi connectivity index (χ0n) is 12.9. The predicted octanol–water partition coefficient (Wildman–Crippen LogP) is 2.65. The summed E-state index contributed by atoms with van der Waals surface area (Å²) in [6.45, 7) is 1.73. The van der Waals surface area contributed by atoms with E-state index in [-0.39, 0.29) is 16.5 Å². The molecule has 1 saturated heterocycles. The maximum atomic E-state index is 11.3. The van der Waals surface area contributed by atoms with Crippen molar-refractivity contribution < 1.29 is 4.92 Å². The molecule has 0 aliphatic carbocycles. The number of pyridine rings is 1. The van der Waals surface area contributed by atoms with Crippen LogP contribution in [0.25, 0.3) is 10.8 Å². The van der Waals surface area contributed by atoms with Gasteiger partial charge in [0.2, 0.25) is 0 Å². The Morgan fingerprint density at radius 1 is 1.29 bits per heavy atom. The van der Waals surface area contributed by atoms with Crippen LogP contribution in [0.3, 0.4) is 0 Å². The second-order valence-electron chi connectivity index (χ2n) is 5.94. The second-order valence-corrected chi connectivity index (χ2v) is 5.94. The average Bonchev–Trinajstić information content (AvgIpc) is 3.15. The fraction of sp³-hybridized carbons (Fsp3) is 0.312. The van der Waals surface area contributed by atoms with Gasteiger partial charge in [-0.3, -0.25) is 20.2 Å². The van der Waals surface area contributed by atoms with E-state index in [9.17, 15) is 10.1 Å². The fourth-order valence-corrected chi connectivity index (χ4v) is 3.43. The molecule has 1 aliphatic heterocycles. The Kier molecular flexibility index (Phi) is 3.56. The lowest BCUT2D eigenvalue weighted by Crippen LogP contribution is -2.34. The van der Waals surface area contributed by atoms with Gasteiger partial charge in [0.05, 0.1) is 10.3 Å². The van der Waals surface area contributed by atoms with Crippen molar-refractivity contribution in [2.24, 2.45) is 0 Å². The molecule has 1 aromatic carbocycles. The molecule has 0 spiro atoms. The molecule has 0 amide bonds. The number of hydrogen-bond donors (Lipinski definition) is 1. The third kappa shape index (κ3) is 2.45. The van der Waals surface area contributed by atoms with E-state index in [1.54, 1.807) is 18.5 Å². The molecule has 8 nitrogen and oxygen atoms in total. The van der Waals surface area contributed by atoms with Gasteiger partial charge in [0.15, 0.2) is 0 Å². The maximum absolute atomic E-state index is 11.3. The summed E-state index contributed by atoms with van der Waals surface area (Å²) in [6, 6.07) is 5.25. The molecule has 0 radical (unpaired) electrons. The molecule has 4 rings (SSSR count). The Bertz CT molecular complexity index is 879. The minimum Gasteiger partial charge on any atom is -0.370 e. The molecule has 1 N–H and O–H groups in total. The Morgan fingerprint density at radius 3 is 3.00 bits per heavy atom. The number of nitro groups is 1. The van der Waals surface area contributed by atoms with Gasteiger partial charge in [-0.05, 0) is 25.0 Å². The molecule has 1 aliphatic rings. The Labute approximate surface area is 137 Å². The van der Waals surface area contributed by atoms with Crippen LogP contribution in [0.4, 0.5) is 11.4 Å². The number of aromatic nitrogens is 4. The van der Waals surface area contributed by atoms with Crippen LogP contribution in [0.1, 0.15) is 24.6 Å². The summed E-state index contributed by atoms with van der Waals surface area (Å²) in [5.41, 5.74) is 1.09. The summed E-state index contributed by atoms with van der Waals surface area (Å²) in [4.78, 5) is 21.5. The van der Waals surface area contributed by atoms with E-state index < -0.39 is 0 Å². The number of nitrogens with zero attached hydrogens (tertiary/aromatic N) is 5. The van der Waals surface area contributed by atoms with E-state index in [0.717, 1.165) is 42.8 Å². The molecule has 24 heavy (non-hydrogen) atoms. The fourth-order valence-electron chi connectivity index (χ4n) is 3.43. The summed E-state index contributed by atoms with van der Waals surface area (Å²) >= 11 is 0. The topological polar surface area (TPSA) is 101 Å². The Morgan fingerprint density at radius 2 is 2.21 bits per heavy atom. The number of aromatic amines is 1. The molecular weight excluding hydrogens is 308 g/mol. The molecule has 0 bridgehead atoms. The van der Waals surface area contributed by atoms with Crippen LogP contribution in [0.15, 0.2) is 36.9 Å². The lowest BCUT2D eigenvalue weighted by atomic mass is 9.96. The smallest absolute Gasteiger partial charge is 0.278 e. The Hall–Kier alpha value is -3.03. The van der Waals surface area contributed by atoms with Gasteiger partial charge >= 0.3 is 0 Å². The Balaban J connectivity index is 1.74. The number of hydrogen-bond acceptors (Lipinski definition) is 6. The van der Waals surface area contributed by atoms with Crippen LogP contribution in [0.2, 0.25) is 0 Å².